The summed E-state index contributed by atoms with van der Waals surface area (Å²) in [5.41, 5.74) is 2.41. The highest BCUT2D eigenvalue weighted by molar-refractivity contribution is 14.0. The molecule has 1 aromatic heterocycles. The summed E-state index contributed by atoms with van der Waals surface area (Å²) in [7, 11) is 1.99. The highest BCUT2D eigenvalue weighted by atomic mass is 127. The van der Waals surface area contributed by atoms with Crippen LogP contribution < -0.4 is 5.32 Å². The minimum atomic E-state index is 0. The number of aromatic nitrogens is 3. The van der Waals surface area contributed by atoms with E-state index in [4.69, 9.17) is 9.73 Å². The average molecular weight is 560 g/mol. The molecule has 0 bridgehead atoms. The van der Waals surface area contributed by atoms with E-state index in [1.807, 2.05) is 30.7 Å². The van der Waals surface area contributed by atoms with E-state index < -0.39 is 0 Å². The second-order valence-corrected chi connectivity index (χ2v) is 8.30. The predicted molar refractivity (Wildman–Crippen MR) is 141 cm³/mol. The Labute approximate surface area is 213 Å². The van der Waals surface area contributed by atoms with Crippen molar-refractivity contribution in [2.24, 2.45) is 18.0 Å². The lowest BCUT2D eigenvalue weighted by Crippen LogP contribution is -2.40. The molecule has 1 aliphatic heterocycles. The summed E-state index contributed by atoms with van der Waals surface area (Å²) in [4.78, 5) is 7.26. The molecule has 0 saturated carbocycles. The maximum absolute atomic E-state index is 6.00. The van der Waals surface area contributed by atoms with Crippen molar-refractivity contribution in [2.45, 2.75) is 33.0 Å². The minimum absolute atomic E-state index is 0. The Morgan fingerprint density at radius 1 is 1.06 bits per heavy atom. The number of rotatable bonds is 8. The molecule has 176 valence electrons. The second kappa shape index (κ2) is 12.7. The summed E-state index contributed by atoms with van der Waals surface area (Å²) in [5, 5.41) is 11.9. The third-order valence-corrected chi connectivity index (χ3v) is 5.89. The summed E-state index contributed by atoms with van der Waals surface area (Å²) < 4.78 is 8.01. The number of nitrogens with zero attached hydrogens (tertiary/aromatic N) is 5. The van der Waals surface area contributed by atoms with E-state index in [0.717, 1.165) is 43.7 Å². The first-order valence-electron chi connectivity index (χ1n) is 11.2. The fourth-order valence-electron chi connectivity index (χ4n) is 3.86. The van der Waals surface area contributed by atoms with Gasteiger partial charge in [-0.1, -0.05) is 60.7 Å². The molecule has 2 heterocycles. The predicted octanol–water partition coefficient (Wildman–Crippen LogP) is 3.93. The summed E-state index contributed by atoms with van der Waals surface area (Å²) in [6.07, 6.45) is 1.10. The zero-order valence-corrected chi connectivity index (χ0v) is 21.7. The molecule has 0 amide bonds. The molecule has 1 saturated heterocycles. The van der Waals surface area contributed by atoms with Gasteiger partial charge in [-0.2, -0.15) is 0 Å². The highest BCUT2D eigenvalue weighted by Crippen LogP contribution is 2.18. The van der Waals surface area contributed by atoms with Crippen molar-refractivity contribution in [2.75, 3.05) is 19.7 Å². The van der Waals surface area contributed by atoms with Gasteiger partial charge in [0.15, 0.2) is 11.8 Å². The summed E-state index contributed by atoms with van der Waals surface area (Å²) in [6.45, 7) is 6.53. The van der Waals surface area contributed by atoms with Crippen molar-refractivity contribution < 1.29 is 4.74 Å². The molecule has 1 fully saturated rings. The van der Waals surface area contributed by atoms with Crippen LogP contribution in [0.4, 0.5) is 0 Å². The Balaban J connectivity index is 0.00000306. The van der Waals surface area contributed by atoms with Crippen LogP contribution in [-0.4, -0.2) is 45.3 Å². The molecule has 33 heavy (non-hydrogen) atoms. The van der Waals surface area contributed by atoms with Crippen molar-refractivity contribution in [3.8, 4) is 0 Å². The normalized spacial score (nSPS) is 16.0. The molecule has 1 aliphatic rings. The van der Waals surface area contributed by atoms with Crippen molar-refractivity contribution in [1.82, 2.24) is 25.0 Å². The van der Waals surface area contributed by atoms with Crippen molar-refractivity contribution in [1.29, 1.82) is 0 Å². The van der Waals surface area contributed by atoms with Gasteiger partial charge in [-0.25, -0.2) is 4.99 Å². The molecule has 7 nitrogen and oxygen atoms in total. The Morgan fingerprint density at radius 2 is 1.76 bits per heavy atom. The van der Waals surface area contributed by atoms with E-state index >= 15 is 0 Å². The van der Waals surface area contributed by atoms with Crippen LogP contribution in [0, 0.1) is 12.8 Å². The number of benzene rings is 2. The van der Waals surface area contributed by atoms with Gasteiger partial charge in [0.05, 0.1) is 26.3 Å². The number of halogens is 1. The van der Waals surface area contributed by atoms with Crippen LogP contribution >= 0.6 is 24.0 Å². The van der Waals surface area contributed by atoms with Gasteiger partial charge in [0.2, 0.25) is 0 Å². The second-order valence-electron chi connectivity index (χ2n) is 8.30. The Kier molecular flexibility index (Phi) is 9.68. The van der Waals surface area contributed by atoms with Gasteiger partial charge in [0, 0.05) is 26.1 Å². The lowest BCUT2D eigenvalue weighted by atomic mass is 10.1. The van der Waals surface area contributed by atoms with Gasteiger partial charge in [-0.15, -0.1) is 34.2 Å². The van der Waals surface area contributed by atoms with Crippen LogP contribution in [0.2, 0.25) is 0 Å². The monoisotopic (exact) mass is 560 g/mol. The third-order valence-electron chi connectivity index (χ3n) is 5.89. The molecule has 1 N–H and O–H groups in total. The van der Waals surface area contributed by atoms with E-state index in [2.05, 4.69) is 68.9 Å². The SMILES string of the molecule is Cc1nnc(CNC(=NCc2ccccc2)N2CCC(COCc3ccccc3)C2)n1C.I. The molecule has 2 aromatic carbocycles. The van der Waals surface area contributed by atoms with Crippen LogP contribution in [0.3, 0.4) is 0 Å². The standard InChI is InChI=1S/C25H32N6O.HI/c1-20-28-29-24(30(20)2)16-27-25(26-15-21-9-5-3-6-10-21)31-14-13-23(17-31)19-32-18-22-11-7-4-8-12-22;/h3-12,23H,13-19H2,1-2H3,(H,26,27);1H. The first-order chi connectivity index (χ1) is 15.7. The average Bonchev–Trinajstić information content (AvgIpc) is 3.42. The van der Waals surface area contributed by atoms with Crippen LogP contribution in [0.1, 0.15) is 29.2 Å². The topological polar surface area (TPSA) is 67.6 Å². The van der Waals surface area contributed by atoms with E-state index in [0.29, 0.717) is 25.6 Å². The maximum atomic E-state index is 6.00. The number of guanidine groups is 1. The minimum Gasteiger partial charge on any atom is -0.376 e. The molecule has 1 unspecified atom stereocenters. The molecule has 3 aromatic rings. The molecule has 4 rings (SSSR count). The summed E-state index contributed by atoms with van der Waals surface area (Å²) >= 11 is 0. The van der Waals surface area contributed by atoms with Gasteiger partial charge >= 0.3 is 0 Å². The quantitative estimate of drug-likeness (QED) is 0.257. The molecule has 8 heteroatoms. The molecular weight excluding hydrogens is 527 g/mol. The van der Waals surface area contributed by atoms with Gasteiger partial charge < -0.3 is 19.5 Å². The fourth-order valence-corrected chi connectivity index (χ4v) is 3.86. The number of nitrogens with one attached hydrogen (secondary N) is 1. The maximum Gasteiger partial charge on any atom is 0.194 e. The van der Waals surface area contributed by atoms with E-state index in [9.17, 15) is 0 Å². The summed E-state index contributed by atoms with van der Waals surface area (Å²) in [5.74, 6) is 3.22. The van der Waals surface area contributed by atoms with Crippen LogP contribution in [0.5, 0.6) is 0 Å². The van der Waals surface area contributed by atoms with Gasteiger partial charge in [0.25, 0.3) is 0 Å². The fraction of sp³-hybridized carbons (Fsp3) is 0.400. The van der Waals surface area contributed by atoms with Crippen LogP contribution in [0.15, 0.2) is 65.7 Å². The number of hydrogen-bond donors (Lipinski definition) is 1. The van der Waals surface area contributed by atoms with Gasteiger partial charge in [0.1, 0.15) is 5.82 Å². The number of likely N-dealkylation sites (tertiary alicyclic amines) is 1. The van der Waals surface area contributed by atoms with Crippen LogP contribution in [-0.2, 0) is 31.5 Å². The molecule has 0 radical (unpaired) electrons. The number of aliphatic imine (C=N–C) groups is 1. The molecule has 1 atom stereocenters. The van der Waals surface area contributed by atoms with Crippen LogP contribution in [0.25, 0.3) is 0 Å². The van der Waals surface area contributed by atoms with E-state index in [1.165, 1.54) is 11.1 Å². The third kappa shape index (κ3) is 7.26. The lowest BCUT2D eigenvalue weighted by Gasteiger charge is -2.22. The largest absolute Gasteiger partial charge is 0.376 e. The van der Waals surface area contributed by atoms with Crippen molar-refractivity contribution >= 4 is 29.9 Å². The number of aryl methyl sites for hydroxylation is 1. The summed E-state index contributed by atoms with van der Waals surface area (Å²) in [6, 6.07) is 20.7. The highest BCUT2D eigenvalue weighted by Gasteiger charge is 2.25. The van der Waals surface area contributed by atoms with Crippen molar-refractivity contribution in [3.63, 3.8) is 0 Å². The Morgan fingerprint density at radius 3 is 2.42 bits per heavy atom. The number of ether oxygens (including phenoxy) is 1. The van der Waals surface area contributed by atoms with Gasteiger partial charge in [-0.3, -0.25) is 0 Å². The smallest absolute Gasteiger partial charge is 0.194 e. The molecule has 0 spiro atoms. The van der Waals surface area contributed by atoms with E-state index in [-0.39, 0.29) is 24.0 Å². The molecular formula is C25H33IN6O. The van der Waals surface area contributed by atoms with Crippen molar-refractivity contribution in [3.05, 3.63) is 83.4 Å². The first-order valence-corrected chi connectivity index (χ1v) is 11.2. The first kappa shape index (κ1) is 25.2. The van der Waals surface area contributed by atoms with E-state index in [1.54, 1.807) is 0 Å². The molecule has 0 aliphatic carbocycles. The Bertz CT molecular complexity index is 1010. The number of hydrogen-bond acceptors (Lipinski definition) is 4. The Hall–Kier alpha value is -2.46. The van der Waals surface area contributed by atoms with Gasteiger partial charge in [-0.05, 0) is 24.5 Å². The zero-order valence-electron chi connectivity index (χ0n) is 19.4. The lowest BCUT2D eigenvalue weighted by molar-refractivity contribution is 0.0906. The zero-order chi connectivity index (χ0) is 22.2.